The minimum Gasteiger partial charge on any atom is -0.507 e. The van der Waals surface area contributed by atoms with Crippen LogP contribution in [0.1, 0.15) is 11.6 Å². The van der Waals surface area contributed by atoms with Crippen molar-refractivity contribution in [2.75, 3.05) is 7.11 Å². The molecule has 0 aliphatic carbocycles. The summed E-state index contributed by atoms with van der Waals surface area (Å²) in [6, 6.07) is 0.199. The summed E-state index contributed by atoms with van der Waals surface area (Å²) in [5.74, 6) is -5.82. The molecule has 1 atom stereocenters. The molecule has 1 rings (SSSR count). The monoisotopic (exact) mass is 271 g/mol. The van der Waals surface area contributed by atoms with E-state index in [1.165, 1.54) is 7.11 Å². The highest BCUT2D eigenvalue weighted by atomic mass is 19.4. The average molecular weight is 271 g/mol. The highest BCUT2D eigenvalue weighted by Crippen LogP contribution is 2.45. The van der Waals surface area contributed by atoms with E-state index in [2.05, 4.69) is 4.74 Å². The number of aromatic hydroxyl groups is 1. The molecule has 3 nitrogen and oxygen atoms in total. The molecular formula is C10H10F5NO2. The van der Waals surface area contributed by atoms with Crippen molar-refractivity contribution in [3.8, 4) is 11.5 Å². The zero-order chi connectivity index (χ0) is 14.1. The number of nitrogens with two attached hydrogens (primary N) is 1. The van der Waals surface area contributed by atoms with Crippen molar-refractivity contribution in [2.24, 2.45) is 5.73 Å². The van der Waals surface area contributed by atoms with Gasteiger partial charge in [-0.05, 0) is 12.1 Å². The number of phenols is 1. The van der Waals surface area contributed by atoms with Gasteiger partial charge in [-0.1, -0.05) is 0 Å². The number of halogens is 5. The van der Waals surface area contributed by atoms with Crippen molar-refractivity contribution in [3.05, 3.63) is 23.8 Å². The summed E-state index contributed by atoms with van der Waals surface area (Å²) in [4.78, 5) is 0. The maximum Gasteiger partial charge on any atom is 0.455 e. The summed E-state index contributed by atoms with van der Waals surface area (Å²) < 4.78 is 67.0. The standard InChI is InChI=1S/C10H10F5NO2/c1-18-5-2-3-6(7(17)4-5)8(16)9(11,12)10(13,14)15/h2-4,8,17H,16H2,1H3/t8-/m0/s1. The van der Waals surface area contributed by atoms with Gasteiger partial charge in [0.05, 0.1) is 7.11 Å². The summed E-state index contributed by atoms with van der Waals surface area (Å²) in [6.07, 6.45) is -5.79. The highest BCUT2D eigenvalue weighted by Gasteiger charge is 2.62. The Morgan fingerprint density at radius 3 is 2.17 bits per heavy atom. The van der Waals surface area contributed by atoms with Gasteiger partial charge in [-0.2, -0.15) is 22.0 Å². The molecule has 0 radical (unpaired) electrons. The molecule has 0 aliphatic rings. The van der Waals surface area contributed by atoms with E-state index < -0.39 is 29.5 Å². The van der Waals surface area contributed by atoms with E-state index in [1.807, 2.05) is 0 Å². The van der Waals surface area contributed by atoms with Crippen LogP contribution in [0.15, 0.2) is 18.2 Å². The molecular weight excluding hydrogens is 261 g/mol. The van der Waals surface area contributed by atoms with Gasteiger partial charge in [0.25, 0.3) is 0 Å². The molecule has 0 aromatic heterocycles. The molecule has 1 aromatic rings. The normalized spacial score (nSPS) is 14.4. The summed E-state index contributed by atoms with van der Waals surface area (Å²) >= 11 is 0. The van der Waals surface area contributed by atoms with Crippen molar-refractivity contribution < 1.29 is 31.8 Å². The number of benzene rings is 1. The molecule has 0 heterocycles. The Morgan fingerprint density at radius 2 is 1.78 bits per heavy atom. The SMILES string of the molecule is COc1ccc([C@H](N)C(F)(F)C(F)(F)F)c(O)c1. The van der Waals surface area contributed by atoms with E-state index in [1.54, 1.807) is 0 Å². The van der Waals surface area contributed by atoms with E-state index in [-0.39, 0.29) is 5.75 Å². The molecule has 0 spiro atoms. The maximum atomic E-state index is 13.0. The third kappa shape index (κ3) is 2.47. The lowest BCUT2D eigenvalue weighted by Gasteiger charge is -2.26. The minimum absolute atomic E-state index is 0.110. The van der Waals surface area contributed by atoms with E-state index >= 15 is 0 Å². The van der Waals surface area contributed by atoms with Crippen LogP contribution in [-0.4, -0.2) is 24.3 Å². The number of hydrogen-bond acceptors (Lipinski definition) is 3. The number of hydrogen-bond donors (Lipinski definition) is 2. The molecule has 1 aromatic carbocycles. The Balaban J connectivity index is 3.15. The number of alkyl halides is 5. The van der Waals surface area contributed by atoms with E-state index in [0.29, 0.717) is 0 Å². The first-order valence-corrected chi connectivity index (χ1v) is 4.68. The van der Waals surface area contributed by atoms with E-state index in [0.717, 1.165) is 18.2 Å². The second-order valence-corrected chi connectivity index (χ2v) is 3.52. The maximum absolute atomic E-state index is 13.0. The smallest absolute Gasteiger partial charge is 0.455 e. The summed E-state index contributed by atoms with van der Waals surface area (Å²) in [5.41, 5.74) is 4.17. The zero-order valence-corrected chi connectivity index (χ0v) is 9.13. The quantitative estimate of drug-likeness (QED) is 0.831. The number of rotatable bonds is 3. The van der Waals surface area contributed by atoms with Crippen LogP contribution in [0.4, 0.5) is 22.0 Å². The van der Waals surface area contributed by atoms with Crippen LogP contribution in [-0.2, 0) is 0 Å². The fraction of sp³-hybridized carbons (Fsp3) is 0.400. The molecule has 0 saturated carbocycles. The van der Waals surface area contributed by atoms with Crippen LogP contribution >= 0.6 is 0 Å². The molecule has 102 valence electrons. The Kier molecular flexibility index (Phi) is 3.70. The third-order valence-corrected chi connectivity index (χ3v) is 2.34. The van der Waals surface area contributed by atoms with Crippen LogP contribution in [0.5, 0.6) is 11.5 Å². The van der Waals surface area contributed by atoms with Crippen LogP contribution in [0, 0.1) is 0 Å². The first-order chi connectivity index (χ1) is 8.11. The lowest BCUT2D eigenvalue weighted by Crippen LogP contribution is -2.45. The lowest BCUT2D eigenvalue weighted by atomic mass is 10.00. The van der Waals surface area contributed by atoms with Crippen LogP contribution in [0.25, 0.3) is 0 Å². The Hall–Kier alpha value is -1.57. The molecule has 18 heavy (non-hydrogen) atoms. The van der Waals surface area contributed by atoms with Crippen molar-refractivity contribution in [2.45, 2.75) is 18.1 Å². The van der Waals surface area contributed by atoms with Crippen molar-refractivity contribution >= 4 is 0 Å². The van der Waals surface area contributed by atoms with Crippen molar-refractivity contribution in [1.82, 2.24) is 0 Å². The average Bonchev–Trinajstić information content (AvgIpc) is 2.26. The molecule has 0 aliphatic heterocycles. The summed E-state index contributed by atoms with van der Waals surface area (Å²) in [5, 5.41) is 9.36. The van der Waals surface area contributed by atoms with Crippen LogP contribution < -0.4 is 10.5 Å². The van der Waals surface area contributed by atoms with Gasteiger partial charge in [0.2, 0.25) is 0 Å². The van der Waals surface area contributed by atoms with Crippen molar-refractivity contribution in [1.29, 1.82) is 0 Å². The molecule has 8 heteroatoms. The Morgan fingerprint density at radius 1 is 1.22 bits per heavy atom. The second-order valence-electron chi connectivity index (χ2n) is 3.52. The molecule has 0 unspecified atom stereocenters. The van der Waals surface area contributed by atoms with Gasteiger partial charge in [-0.3, -0.25) is 0 Å². The van der Waals surface area contributed by atoms with Gasteiger partial charge < -0.3 is 15.6 Å². The van der Waals surface area contributed by atoms with E-state index in [4.69, 9.17) is 5.73 Å². The predicted octanol–water partition coefficient (Wildman–Crippen LogP) is 2.60. The van der Waals surface area contributed by atoms with Crippen molar-refractivity contribution in [3.63, 3.8) is 0 Å². The minimum atomic E-state index is -5.79. The Labute approximate surface area is 99.0 Å². The fourth-order valence-electron chi connectivity index (χ4n) is 1.29. The van der Waals surface area contributed by atoms with Gasteiger partial charge in [0, 0.05) is 11.6 Å². The van der Waals surface area contributed by atoms with Crippen LogP contribution in [0.3, 0.4) is 0 Å². The molecule has 0 fully saturated rings. The first kappa shape index (κ1) is 14.5. The number of ether oxygens (including phenoxy) is 1. The third-order valence-electron chi connectivity index (χ3n) is 2.34. The largest absolute Gasteiger partial charge is 0.507 e. The molecule has 3 N–H and O–H groups in total. The van der Waals surface area contributed by atoms with Gasteiger partial charge in [0.1, 0.15) is 17.5 Å². The van der Waals surface area contributed by atoms with Gasteiger partial charge in [0.15, 0.2) is 0 Å². The molecule has 0 saturated heterocycles. The number of methoxy groups -OCH3 is 1. The Bertz CT molecular complexity index is 433. The lowest BCUT2D eigenvalue weighted by molar-refractivity contribution is -0.291. The van der Waals surface area contributed by atoms with Gasteiger partial charge in [-0.15, -0.1) is 0 Å². The second kappa shape index (κ2) is 4.60. The molecule has 0 bridgehead atoms. The number of phenolic OH excluding ortho intramolecular Hbond substituents is 1. The fourth-order valence-corrected chi connectivity index (χ4v) is 1.29. The zero-order valence-electron chi connectivity index (χ0n) is 9.13. The first-order valence-electron chi connectivity index (χ1n) is 4.68. The predicted molar refractivity (Wildman–Crippen MR) is 52.6 cm³/mol. The van der Waals surface area contributed by atoms with Gasteiger partial charge >= 0.3 is 12.1 Å². The van der Waals surface area contributed by atoms with E-state index in [9.17, 15) is 27.1 Å². The van der Waals surface area contributed by atoms with Gasteiger partial charge in [-0.25, -0.2) is 0 Å². The summed E-state index contributed by atoms with van der Waals surface area (Å²) in [7, 11) is 1.25. The summed E-state index contributed by atoms with van der Waals surface area (Å²) in [6.45, 7) is 0. The molecule has 0 amide bonds. The topological polar surface area (TPSA) is 55.5 Å². The van der Waals surface area contributed by atoms with Crippen LogP contribution in [0.2, 0.25) is 0 Å². The highest BCUT2D eigenvalue weighted by molar-refractivity contribution is 5.42.